The van der Waals surface area contributed by atoms with Crippen LogP contribution in [0.25, 0.3) is 0 Å². The molecule has 7 nitrogen and oxygen atoms in total. The molecule has 0 atom stereocenters. The number of rotatable bonds is 9. The van der Waals surface area contributed by atoms with Crippen LogP contribution in [0.1, 0.15) is 69.2 Å². The molecule has 0 bridgehead atoms. The highest BCUT2D eigenvalue weighted by atomic mass is 16.3. The molecular weight excluding hydrogens is 362 g/mol. The van der Waals surface area contributed by atoms with Gasteiger partial charge in [-0.15, -0.1) is 0 Å². The number of nitrogens with one attached hydrogen (secondary N) is 1. The summed E-state index contributed by atoms with van der Waals surface area (Å²) < 4.78 is 0. The first-order chi connectivity index (χ1) is 13.4. The summed E-state index contributed by atoms with van der Waals surface area (Å²) in [5, 5.41) is 32.7. The largest absolute Gasteiger partial charge is 0.507 e. The van der Waals surface area contributed by atoms with E-state index < -0.39 is 40.1 Å². The highest BCUT2D eigenvalue weighted by Crippen LogP contribution is 2.33. The van der Waals surface area contributed by atoms with Gasteiger partial charge in [-0.2, -0.15) is 0 Å². The molecule has 2 aromatic rings. The van der Waals surface area contributed by atoms with Gasteiger partial charge in [-0.25, -0.2) is 0 Å². The third kappa shape index (κ3) is 4.68. The van der Waals surface area contributed by atoms with Crippen LogP contribution in [-0.4, -0.2) is 39.8 Å². The molecular formula is C21H23NO6. The number of hydrogen-bond acceptors (Lipinski definition) is 6. The fraction of sp³-hybridized carbons (Fsp3) is 0.286. The van der Waals surface area contributed by atoms with Crippen molar-refractivity contribution in [2.24, 2.45) is 0 Å². The van der Waals surface area contributed by atoms with Crippen LogP contribution in [0.3, 0.4) is 0 Å². The number of unbranched alkanes of at least 4 members (excludes halogenated alkanes) is 3. The number of ketones is 1. The summed E-state index contributed by atoms with van der Waals surface area (Å²) in [4.78, 5) is 36.4. The molecule has 2 rings (SSSR count). The summed E-state index contributed by atoms with van der Waals surface area (Å²) in [5.74, 6) is -2.97. The minimum absolute atomic E-state index is 0.0353. The van der Waals surface area contributed by atoms with Crippen LogP contribution in [0, 0.1) is 0 Å². The summed E-state index contributed by atoms with van der Waals surface area (Å²) in [7, 11) is 0. The van der Waals surface area contributed by atoms with Crippen molar-refractivity contribution in [1.29, 1.82) is 0 Å². The second kappa shape index (κ2) is 9.55. The molecule has 0 aromatic heterocycles. The zero-order valence-electron chi connectivity index (χ0n) is 15.6. The molecule has 28 heavy (non-hydrogen) atoms. The maximum atomic E-state index is 12.7. The summed E-state index contributed by atoms with van der Waals surface area (Å²) in [6.45, 7) is 2.54. The Hall–Kier alpha value is -3.35. The number of carbonyl (C=O) groups excluding carboxylic acids is 3. The van der Waals surface area contributed by atoms with Crippen molar-refractivity contribution in [3.8, 4) is 17.2 Å². The SMILES string of the molecule is CCCCCCNC(=O)c1cc(O)c(C(=O)c2c(O)cccc2O)c(C=O)c1. The zero-order chi connectivity index (χ0) is 20.7. The molecule has 0 aliphatic carbocycles. The van der Waals surface area contributed by atoms with Gasteiger partial charge in [0.2, 0.25) is 5.78 Å². The van der Waals surface area contributed by atoms with E-state index in [1.165, 1.54) is 24.3 Å². The van der Waals surface area contributed by atoms with Gasteiger partial charge in [0.25, 0.3) is 5.91 Å². The second-order valence-corrected chi connectivity index (χ2v) is 6.39. The molecule has 0 saturated carbocycles. The Kier molecular flexibility index (Phi) is 7.14. The average Bonchev–Trinajstić information content (AvgIpc) is 2.66. The van der Waals surface area contributed by atoms with E-state index in [4.69, 9.17) is 0 Å². The van der Waals surface area contributed by atoms with E-state index >= 15 is 0 Å². The van der Waals surface area contributed by atoms with E-state index in [9.17, 15) is 29.7 Å². The van der Waals surface area contributed by atoms with Gasteiger partial charge >= 0.3 is 0 Å². The standard InChI is InChI=1S/C21H23NO6/c1-2-3-4-5-9-22-21(28)13-10-14(12-23)18(17(26)11-13)20(27)19-15(24)7-6-8-16(19)25/h6-8,10-12,24-26H,2-5,9H2,1H3,(H,22,28). The minimum Gasteiger partial charge on any atom is -0.507 e. The molecule has 0 heterocycles. The zero-order valence-corrected chi connectivity index (χ0v) is 15.6. The van der Waals surface area contributed by atoms with E-state index in [-0.39, 0.29) is 11.1 Å². The quantitative estimate of drug-likeness (QED) is 0.299. The molecule has 0 saturated heterocycles. The highest BCUT2D eigenvalue weighted by Gasteiger charge is 2.25. The van der Waals surface area contributed by atoms with Crippen LogP contribution < -0.4 is 5.32 Å². The third-order valence-corrected chi connectivity index (χ3v) is 4.33. The normalized spacial score (nSPS) is 10.5. The van der Waals surface area contributed by atoms with Gasteiger partial charge in [0.15, 0.2) is 6.29 Å². The van der Waals surface area contributed by atoms with Crippen molar-refractivity contribution in [3.63, 3.8) is 0 Å². The molecule has 0 radical (unpaired) electrons. The van der Waals surface area contributed by atoms with Crippen molar-refractivity contribution in [1.82, 2.24) is 5.32 Å². The topological polar surface area (TPSA) is 124 Å². The van der Waals surface area contributed by atoms with E-state index in [1.807, 2.05) is 0 Å². The summed E-state index contributed by atoms with van der Waals surface area (Å²) in [6, 6.07) is 6.02. The maximum Gasteiger partial charge on any atom is 0.251 e. The molecule has 0 spiro atoms. The lowest BCUT2D eigenvalue weighted by molar-refractivity contribution is 0.0950. The molecule has 1 amide bonds. The van der Waals surface area contributed by atoms with Crippen LogP contribution in [0.5, 0.6) is 17.2 Å². The fourth-order valence-electron chi connectivity index (χ4n) is 2.86. The number of phenols is 3. The minimum atomic E-state index is -0.929. The average molecular weight is 385 g/mol. The second-order valence-electron chi connectivity index (χ2n) is 6.39. The lowest BCUT2D eigenvalue weighted by atomic mass is 9.94. The smallest absolute Gasteiger partial charge is 0.251 e. The monoisotopic (exact) mass is 385 g/mol. The molecule has 0 unspecified atom stereocenters. The van der Waals surface area contributed by atoms with Crippen LogP contribution in [0.4, 0.5) is 0 Å². The predicted octanol–water partition coefficient (Wildman–Crippen LogP) is 3.16. The molecule has 0 aliphatic rings. The summed E-state index contributed by atoms with van der Waals surface area (Å²) >= 11 is 0. The Morgan fingerprint density at radius 1 is 0.964 bits per heavy atom. The fourth-order valence-corrected chi connectivity index (χ4v) is 2.86. The molecule has 148 valence electrons. The Balaban J connectivity index is 2.30. The van der Waals surface area contributed by atoms with Crippen LogP contribution in [-0.2, 0) is 0 Å². The first kappa shape index (κ1) is 21.0. The van der Waals surface area contributed by atoms with Crippen molar-refractivity contribution in [2.75, 3.05) is 6.54 Å². The summed E-state index contributed by atoms with van der Waals surface area (Å²) in [5.41, 5.74) is -1.02. The van der Waals surface area contributed by atoms with E-state index in [0.29, 0.717) is 12.8 Å². The van der Waals surface area contributed by atoms with Gasteiger partial charge in [0.1, 0.15) is 22.8 Å². The lowest BCUT2D eigenvalue weighted by Crippen LogP contribution is -2.24. The van der Waals surface area contributed by atoms with E-state index in [1.54, 1.807) is 0 Å². The molecule has 2 aromatic carbocycles. The number of benzene rings is 2. The van der Waals surface area contributed by atoms with Gasteiger partial charge in [-0.05, 0) is 30.7 Å². The predicted molar refractivity (Wildman–Crippen MR) is 103 cm³/mol. The first-order valence-electron chi connectivity index (χ1n) is 9.06. The van der Waals surface area contributed by atoms with Gasteiger partial charge in [-0.3, -0.25) is 14.4 Å². The number of aromatic hydroxyl groups is 3. The summed E-state index contributed by atoms with van der Waals surface area (Å²) in [6.07, 6.45) is 4.28. The Morgan fingerprint density at radius 2 is 1.64 bits per heavy atom. The number of amides is 1. The molecule has 4 N–H and O–H groups in total. The van der Waals surface area contributed by atoms with Crippen molar-refractivity contribution >= 4 is 18.0 Å². The van der Waals surface area contributed by atoms with Gasteiger partial charge in [0, 0.05) is 17.7 Å². The highest BCUT2D eigenvalue weighted by molar-refractivity contribution is 6.17. The number of carbonyl (C=O) groups is 3. The van der Waals surface area contributed by atoms with Gasteiger partial charge in [-0.1, -0.05) is 32.3 Å². The van der Waals surface area contributed by atoms with Crippen molar-refractivity contribution < 1.29 is 29.7 Å². The maximum absolute atomic E-state index is 12.7. The Labute approximate surface area is 162 Å². The molecule has 0 aliphatic heterocycles. The Morgan fingerprint density at radius 3 is 2.25 bits per heavy atom. The Bertz CT molecular complexity index is 870. The van der Waals surface area contributed by atoms with Crippen LogP contribution in [0.15, 0.2) is 30.3 Å². The van der Waals surface area contributed by atoms with Crippen LogP contribution >= 0.6 is 0 Å². The number of phenolic OH excluding ortho intramolecular Hbond substituents is 3. The molecule has 0 fully saturated rings. The van der Waals surface area contributed by atoms with E-state index in [2.05, 4.69) is 12.2 Å². The van der Waals surface area contributed by atoms with Gasteiger partial charge in [0.05, 0.1) is 5.56 Å². The lowest BCUT2D eigenvalue weighted by Gasteiger charge is -2.12. The number of hydrogen-bond donors (Lipinski definition) is 4. The van der Waals surface area contributed by atoms with Crippen LogP contribution in [0.2, 0.25) is 0 Å². The van der Waals surface area contributed by atoms with Crippen molar-refractivity contribution in [2.45, 2.75) is 32.6 Å². The molecule has 7 heteroatoms. The number of aldehydes is 1. The van der Waals surface area contributed by atoms with E-state index in [0.717, 1.165) is 31.7 Å². The van der Waals surface area contributed by atoms with Crippen molar-refractivity contribution in [3.05, 3.63) is 52.6 Å². The first-order valence-corrected chi connectivity index (χ1v) is 9.06. The van der Waals surface area contributed by atoms with Gasteiger partial charge < -0.3 is 20.6 Å². The third-order valence-electron chi connectivity index (χ3n) is 4.33.